The Balaban J connectivity index is 1.62. The Morgan fingerprint density at radius 2 is 1.73 bits per heavy atom. The quantitative estimate of drug-likeness (QED) is 0.454. The molecule has 0 aliphatic heterocycles. The molecule has 4 aromatic rings. The van der Waals surface area contributed by atoms with Crippen LogP contribution < -0.4 is 5.32 Å². The summed E-state index contributed by atoms with van der Waals surface area (Å²) in [6.45, 7) is 0. The molecule has 0 fully saturated rings. The monoisotopic (exact) mass is 431 g/mol. The number of hydrogen-bond donors (Lipinski definition) is 2. The van der Waals surface area contributed by atoms with Gasteiger partial charge in [-0.05, 0) is 48.0 Å². The van der Waals surface area contributed by atoms with Gasteiger partial charge in [-0.1, -0.05) is 12.1 Å². The lowest BCUT2D eigenvalue weighted by molar-refractivity contribution is -0.137. The van der Waals surface area contributed by atoms with E-state index < -0.39 is 21.6 Å². The number of rotatable bonds is 4. The van der Waals surface area contributed by atoms with Gasteiger partial charge in [0.2, 0.25) is 0 Å². The van der Waals surface area contributed by atoms with Gasteiger partial charge in [-0.25, -0.2) is 13.4 Å². The van der Waals surface area contributed by atoms with Crippen molar-refractivity contribution in [3.05, 3.63) is 72.4 Å². The summed E-state index contributed by atoms with van der Waals surface area (Å²) >= 11 is 0. The number of sulfone groups is 1. The summed E-state index contributed by atoms with van der Waals surface area (Å²) in [6, 6.07) is 14.8. The average molecular weight is 431 g/mol. The highest BCUT2D eigenvalue weighted by atomic mass is 32.2. The topological polar surface area (TPSA) is 74.8 Å². The maximum atomic E-state index is 13.0. The number of alkyl halides is 3. The zero-order valence-corrected chi connectivity index (χ0v) is 16.5. The third kappa shape index (κ3) is 4.16. The summed E-state index contributed by atoms with van der Waals surface area (Å²) in [7, 11) is -3.28. The molecule has 0 unspecified atom stereocenters. The molecular weight excluding hydrogens is 415 g/mol. The lowest BCUT2D eigenvalue weighted by Gasteiger charge is -2.07. The molecule has 0 aliphatic rings. The molecule has 0 amide bonds. The van der Waals surface area contributed by atoms with Crippen molar-refractivity contribution in [3.63, 3.8) is 0 Å². The predicted molar refractivity (Wildman–Crippen MR) is 109 cm³/mol. The van der Waals surface area contributed by atoms with Crippen LogP contribution in [-0.4, -0.2) is 24.6 Å². The van der Waals surface area contributed by atoms with Crippen molar-refractivity contribution in [2.45, 2.75) is 11.1 Å². The first-order chi connectivity index (χ1) is 14.1. The van der Waals surface area contributed by atoms with E-state index in [9.17, 15) is 21.6 Å². The van der Waals surface area contributed by atoms with E-state index in [2.05, 4.69) is 15.3 Å². The molecule has 154 valence electrons. The van der Waals surface area contributed by atoms with E-state index in [4.69, 9.17) is 0 Å². The molecule has 30 heavy (non-hydrogen) atoms. The van der Waals surface area contributed by atoms with Gasteiger partial charge in [0, 0.05) is 35.3 Å². The number of nitrogens with zero attached hydrogens (tertiary/aromatic N) is 1. The Hall–Kier alpha value is -3.33. The minimum Gasteiger partial charge on any atom is -0.354 e. The van der Waals surface area contributed by atoms with Crippen molar-refractivity contribution >= 4 is 32.2 Å². The number of anilines is 2. The summed E-state index contributed by atoms with van der Waals surface area (Å²) in [6.07, 6.45) is -1.67. The second-order valence-electron chi connectivity index (χ2n) is 6.84. The smallest absolute Gasteiger partial charge is 0.354 e. The predicted octanol–water partition coefficient (Wildman–Crippen LogP) is 5.40. The molecule has 0 saturated carbocycles. The van der Waals surface area contributed by atoms with E-state index in [1.165, 1.54) is 18.2 Å². The zero-order chi connectivity index (χ0) is 21.5. The molecule has 0 spiro atoms. The Morgan fingerprint density at radius 1 is 1.00 bits per heavy atom. The highest BCUT2D eigenvalue weighted by molar-refractivity contribution is 7.90. The zero-order valence-electron chi connectivity index (χ0n) is 15.7. The van der Waals surface area contributed by atoms with Crippen LogP contribution in [0.15, 0.2) is 71.8 Å². The van der Waals surface area contributed by atoms with Crippen molar-refractivity contribution in [3.8, 4) is 11.3 Å². The summed E-state index contributed by atoms with van der Waals surface area (Å²) in [5.74, 6) is 0.507. The number of H-pyrrole nitrogens is 1. The van der Waals surface area contributed by atoms with E-state index >= 15 is 0 Å². The van der Waals surface area contributed by atoms with Crippen LogP contribution >= 0.6 is 0 Å². The fourth-order valence-corrected chi connectivity index (χ4v) is 3.68. The van der Waals surface area contributed by atoms with E-state index in [1.807, 2.05) is 0 Å². The largest absolute Gasteiger partial charge is 0.416 e. The summed E-state index contributed by atoms with van der Waals surface area (Å²) in [5.41, 5.74) is 1.61. The van der Waals surface area contributed by atoms with Crippen molar-refractivity contribution in [2.75, 3.05) is 11.6 Å². The Kier molecular flexibility index (Phi) is 4.77. The number of halogens is 3. The number of nitrogens with one attached hydrogen (secondary N) is 2. The summed E-state index contributed by atoms with van der Waals surface area (Å²) in [4.78, 5) is 7.64. The van der Waals surface area contributed by atoms with Crippen LogP contribution in [0.2, 0.25) is 0 Å². The van der Waals surface area contributed by atoms with Crippen LogP contribution in [0.3, 0.4) is 0 Å². The van der Waals surface area contributed by atoms with E-state index in [1.54, 1.807) is 36.5 Å². The van der Waals surface area contributed by atoms with E-state index in [-0.39, 0.29) is 4.90 Å². The summed E-state index contributed by atoms with van der Waals surface area (Å²) in [5, 5.41) is 3.83. The fraction of sp³-hybridized carbons (Fsp3) is 0.0952. The van der Waals surface area contributed by atoms with Gasteiger partial charge in [0.25, 0.3) is 0 Å². The molecular formula is C21H16F3N3O2S. The first-order valence-corrected chi connectivity index (χ1v) is 10.7. The molecule has 5 nitrogen and oxygen atoms in total. The van der Waals surface area contributed by atoms with Gasteiger partial charge in [-0.2, -0.15) is 13.2 Å². The van der Waals surface area contributed by atoms with Gasteiger partial charge in [0.15, 0.2) is 9.84 Å². The molecule has 4 rings (SSSR count). The summed E-state index contributed by atoms with van der Waals surface area (Å²) < 4.78 is 62.0. The average Bonchev–Trinajstić information content (AvgIpc) is 3.11. The fourth-order valence-electron chi connectivity index (χ4n) is 3.05. The van der Waals surface area contributed by atoms with Crippen LogP contribution in [0.1, 0.15) is 5.56 Å². The molecule has 0 saturated heterocycles. The van der Waals surface area contributed by atoms with Crippen LogP contribution in [0.25, 0.3) is 22.2 Å². The van der Waals surface area contributed by atoms with Gasteiger partial charge < -0.3 is 10.3 Å². The van der Waals surface area contributed by atoms with Crippen LogP contribution in [0.4, 0.5) is 24.7 Å². The Labute approximate surface area is 170 Å². The molecule has 2 aromatic carbocycles. The number of aromatic nitrogens is 2. The van der Waals surface area contributed by atoms with Gasteiger partial charge in [-0.3, -0.25) is 0 Å². The lowest BCUT2D eigenvalue weighted by Crippen LogP contribution is -2.04. The second-order valence-corrected chi connectivity index (χ2v) is 8.86. The Morgan fingerprint density at radius 3 is 2.40 bits per heavy atom. The maximum Gasteiger partial charge on any atom is 0.416 e. The number of benzene rings is 2. The van der Waals surface area contributed by atoms with Crippen LogP contribution in [0, 0.1) is 0 Å². The van der Waals surface area contributed by atoms with Crippen molar-refractivity contribution in [1.29, 1.82) is 0 Å². The first kappa shape index (κ1) is 20.0. The minimum absolute atomic E-state index is 0.214. The van der Waals surface area contributed by atoms with Crippen molar-refractivity contribution in [2.24, 2.45) is 0 Å². The number of fused-ring (bicyclic) bond motifs is 1. The lowest BCUT2D eigenvalue weighted by atomic mass is 10.1. The third-order valence-corrected chi connectivity index (χ3v) is 5.69. The van der Waals surface area contributed by atoms with E-state index in [0.29, 0.717) is 28.3 Å². The van der Waals surface area contributed by atoms with E-state index in [0.717, 1.165) is 23.8 Å². The van der Waals surface area contributed by atoms with Crippen LogP contribution in [-0.2, 0) is 16.0 Å². The highest BCUT2D eigenvalue weighted by Crippen LogP contribution is 2.33. The van der Waals surface area contributed by atoms with Crippen molar-refractivity contribution in [1.82, 2.24) is 9.97 Å². The standard InChI is InChI=1S/C21H16F3N3O2S/c1-30(28,29)17-7-5-16(6-8-17)26-20-11-19-14(12-25-20)10-18(27-19)13-3-2-4-15(9-13)21(22,23)24/h2-12,27H,1H3,(H,25,26). The van der Waals surface area contributed by atoms with Gasteiger partial charge in [0.1, 0.15) is 5.82 Å². The molecule has 2 aromatic heterocycles. The van der Waals surface area contributed by atoms with Gasteiger partial charge in [0.05, 0.1) is 16.0 Å². The molecule has 0 atom stereocenters. The third-order valence-electron chi connectivity index (χ3n) is 4.56. The highest BCUT2D eigenvalue weighted by Gasteiger charge is 2.30. The number of pyridine rings is 1. The Bertz CT molecular complexity index is 1330. The van der Waals surface area contributed by atoms with Crippen LogP contribution in [0.5, 0.6) is 0 Å². The molecule has 2 N–H and O–H groups in total. The molecule has 0 bridgehead atoms. The number of hydrogen-bond acceptors (Lipinski definition) is 4. The molecule has 0 radical (unpaired) electrons. The number of aromatic amines is 1. The van der Waals surface area contributed by atoms with Gasteiger partial charge in [-0.15, -0.1) is 0 Å². The maximum absolute atomic E-state index is 13.0. The second kappa shape index (κ2) is 7.17. The van der Waals surface area contributed by atoms with Crippen molar-refractivity contribution < 1.29 is 21.6 Å². The minimum atomic E-state index is -4.41. The molecule has 0 aliphatic carbocycles. The molecule has 9 heteroatoms. The normalized spacial score (nSPS) is 12.3. The van der Waals surface area contributed by atoms with Gasteiger partial charge >= 0.3 is 6.18 Å². The SMILES string of the molecule is CS(=O)(=O)c1ccc(Nc2cc3[nH]c(-c4cccc(C(F)(F)F)c4)cc3cn2)cc1. The first-order valence-electron chi connectivity index (χ1n) is 8.83. The molecule has 2 heterocycles.